The third kappa shape index (κ3) is 29.6. The summed E-state index contributed by atoms with van der Waals surface area (Å²) in [7, 11) is 0. The SMILES string of the molecule is CC/C=C\C/C=C\C/C=C\C/C=C\C/C=C\CCCCCCCCCCCC(=O)NC(CO)C(O)CCCCCCC. The Morgan fingerprint density at radius 3 is 1.57 bits per heavy atom. The van der Waals surface area contributed by atoms with Gasteiger partial charge in [-0.1, -0.05) is 152 Å². The van der Waals surface area contributed by atoms with Gasteiger partial charge in [-0.2, -0.15) is 0 Å². The van der Waals surface area contributed by atoms with E-state index in [0.717, 1.165) is 57.8 Å². The minimum atomic E-state index is -0.660. The Morgan fingerprint density at radius 1 is 0.595 bits per heavy atom. The molecular formula is C38H67NO3. The van der Waals surface area contributed by atoms with Crippen molar-refractivity contribution in [3.05, 3.63) is 60.8 Å². The van der Waals surface area contributed by atoms with Crippen molar-refractivity contribution >= 4 is 5.91 Å². The maximum absolute atomic E-state index is 12.2. The average Bonchev–Trinajstić information content (AvgIpc) is 2.99. The molecule has 0 aromatic rings. The fraction of sp³-hybridized carbons (Fsp3) is 0.711. The fourth-order valence-corrected chi connectivity index (χ4v) is 4.85. The highest BCUT2D eigenvalue weighted by atomic mass is 16.3. The Kier molecular flexibility index (Phi) is 32.1. The molecular weight excluding hydrogens is 518 g/mol. The molecule has 42 heavy (non-hydrogen) atoms. The molecule has 0 rings (SSSR count). The number of carbonyl (C=O) groups is 1. The monoisotopic (exact) mass is 586 g/mol. The maximum Gasteiger partial charge on any atom is 0.220 e. The molecule has 0 bridgehead atoms. The van der Waals surface area contributed by atoms with E-state index in [-0.39, 0.29) is 12.5 Å². The zero-order chi connectivity index (χ0) is 30.8. The number of rotatable bonds is 30. The van der Waals surface area contributed by atoms with Crippen molar-refractivity contribution in [3.8, 4) is 0 Å². The molecule has 0 aliphatic rings. The summed E-state index contributed by atoms with van der Waals surface area (Å²) in [5.41, 5.74) is 0. The summed E-state index contributed by atoms with van der Waals surface area (Å²) in [4.78, 5) is 12.2. The number of hydrogen-bond acceptors (Lipinski definition) is 3. The largest absolute Gasteiger partial charge is 0.394 e. The molecule has 0 aromatic carbocycles. The molecule has 2 atom stereocenters. The zero-order valence-corrected chi connectivity index (χ0v) is 27.5. The van der Waals surface area contributed by atoms with Gasteiger partial charge in [0, 0.05) is 6.42 Å². The number of nitrogens with one attached hydrogen (secondary N) is 1. The van der Waals surface area contributed by atoms with Gasteiger partial charge in [0.25, 0.3) is 0 Å². The molecule has 4 nitrogen and oxygen atoms in total. The van der Waals surface area contributed by atoms with Gasteiger partial charge >= 0.3 is 0 Å². The predicted molar refractivity (Wildman–Crippen MR) is 184 cm³/mol. The van der Waals surface area contributed by atoms with Gasteiger partial charge < -0.3 is 15.5 Å². The van der Waals surface area contributed by atoms with Crippen LogP contribution < -0.4 is 5.32 Å². The summed E-state index contributed by atoms with van der Waals surface area (Å²) in [5.74, 6) is -0.0495. The van der Waals surface area contributed by atoms with Crippen LogP contribution in [0.2, 0.25) is 0 Å². The normalized spacial score (nSPS) is 13.9. The van der Waals surface area contributed by atoms with Crippen molar-refractivity contribution in [1.82, 2.24) is 5.32 Å². The molecule has 1 amide bonds. The van der Waals surface area contributed by atoms with E-state index in [0.29, 0.717) is 12.8 Å². The number of unbranched alkanes of at least 4 members (excludes halogenated alkanes) is 13. The molecule has 0 fully saturated rings. The zero-order valence-electron chi connectivity index (χ0n) is 27.5. The van der Waals surface area contributed by atoms with Crippen LogP contribution in [0.1, 0.15) is 155 Å². The van der Waals surface area contributed by atoms with E-state index in [4.69, 9.17) is 0 Å². The van der Waals surface area contributed by atoms with Crippen molar-refractivity contribution in [1.29, 1.82) is 0 Å². The van der Waals surface area contributed by atoms with Gasteiger partial charge in [-0.25, -0.2) is 0 Å². The molecule has 0 saturated carbocycles. The first-order valence-corrected chi connectivity index (χ1v) is 17.5. The van der Waals surface area contributed by atoms with Gasteiger partial charge in [0.1, 0.15) is 0 Å². The van der Waals surface area contributed by atoms with Crippen molar-refractivity contribution in [2.45, 2.75) is 167 Å². The van der Waals surface area contributed by atoms with E-state index in [1.54, 1.807) is 0 Å². The van der Waals surface area contributed by atoms with Crippen LogP contribution >= 0.6 is 0 Å². The number of aliphatic hydroxyl groups is 2. The van der Waals surface area contributed by atoms with Gasteiger partial charge in [0.15, 0.2) is 0 Å². The van der Waals surface area contributed by atoms with E-state index < -0.39 is 12.1 Å². The smallest absolute Gasteiger partial charge is 0.220 e. The molecule has 0 aromatic heterocycles. The molecule has 0 aliphatic heterocycles. The topological polar surface area (TPSA) is 69.6 Å². The number of hydrogen-bond donors (Lipinski definition) is 3. The van der Waals surface area contributed by atoms with Crippen molar-refractivity contribution in [2.24, 2.45) is 0 Å². The Balaban J connectivity index is 3.54. The quantitative estimate of drug-likeness (QED) is 0.0580. The first-order valence-electron chi connectivity index (χ1n) is 17.5. The van der Waals surface area contributed by atoms with E-state index in [1.807, 2.05) is 0 Å². The lowest BCUT2D eigenvalue weighted by molar-refractivity contribution is -0.123. The van der Waals surface area contributed by atoms with Crippen molar-refractivity contribution < 1.29 is 15.0 Å². The van der Waals surface area contributed by atoms with Crippen LogP contribution in [0.25, 0.3) is 0 Å². The minimum absolute atomic E-state index is 0.0495. The van der Waals surface area contributed by atoms with Crippen LogP contribution in [0.3, 0.4) is 0 Å². The van der Waals surface area contributed by atoms with E-state index in [9.17, 15) is 15.0 Å². The molecule has 0 aliphatic carbocycles. The second kappa shape index (κ2) is 33.6. The van der Waals surface area contributed by atoms with Crippen LogP contribution in [0, 0.1) is 0 Å². The molecule has 3 N–H and O–H groups in total. The third-order valence-electron chi connectivity index (χ3n) is 7.54. The number of carbonyl (C=O) groups excluding carboxylic acids is 1. The summed E-state index contributed by atoms with van der Waals surface area (Å²) in [6.45, 7) is 4.14. The Morgan fingerprint density at radius 2 is 1.05 bits per heavy atom. The highest BCUT2D eigenvalue weighted by Crippen LogP contribution is 2.13. The summed E-state index contributed by atoms with van der Waals surface area (Å²) < 4.78 is 0. The van der Waals surface area contributed by atoms with Gasteiger partial charge in [-0.05, 0) is 57.8 Å². The number of amides is 1. The molecule has 2 unspecified atom stereocenters. The Bertz CT molecular complexity index is 722. The van der Waals surface area contributed by atoms with Gasteiger partial charge in [-0.3, -0.25) is 4.79 Å². The highest BCUT2D eigenvalue weighted by Gasteiger charge is 2.19. The predicted octanol–water partition coefficient (Wildman–Crippen LogP) is 10.2. The molecule has 4 heteroatoms. The third-order valence-corrected chi connectivity index (χ3v) is 7.54. The summed E-state index contributed by atoms with van der Waals surface area (Å²) >= 11 is 0. The van der Waals surface area contributed by atoms with Gasteiger partial charge in [0.2, 0.25) is 5.91 Å². The first kappa shape index (κ1) is 40.1. The van der Waals surface area contributed by atoms with E-state index in [2.05, 4.69) is 79.9 Å². The minimum Gasteiger partial charge on any atom is -0.394 e. The number of allylic oxidation sites excluding steroid dienone is 10. The summed E-state index contributed by atoms with van der Waals surface area (Å²) in [5, 5.41) is 22.7. The van der Waals surface area contributed by atoms with Crippen LogP contribution in [-0.4, -0.2) is 34.9 Å². The second-order valence-electron chi connectivity index (χ2n) is 11.6. The molecule has 0 spiro atoms. The first-order chi connectivity index (χ1) is 20.7. The number of aliphatic hydroxyl groups excluding tert-OH is 2. The van der Waals surface area contributed by atoms with E-state index in [1.165, 1.54) is 70.6 Å². The molecule has 242 valence electrons. The van der Waals surface area contributed by atoms with E-state index >= 15 is 0 Å². The fourth-order valence-electron chi connectivity index (χ4n) is 4.85. The van der Waals surface area contributed by atoms with Gasteiger partial charge in [-0.15, -0.1) is 0 Å². The van der Waals surface area contributed by atoms with Crippen LogP contribution in [-0.2, 0) is 4.79 Å². The van der Waals surface area contributed by atoms with Crippen molar-refractivity contribution in [2.75, 3.05) is 6.61 Å². The molecule has 0 saturated heterocycles. The standard InChI is InChI=1S/C38H67NO3/c1-3-5-7-9-10-11-12-13-14-15-16-17-18-19-20-21-22-23-24-25-26-27-28-30-32-34-38(42)39-36(35-40)37(41)33-31-29-8-6-4-2/h5,7,10-11,13-14,16-17,19-20,36-37,40-41H,3-4,6,8-9,12,15,18,21-35H2,1-2H3,(H,39,42)/b7-5-,11-10-,14-13-,17-16-,20-19-. The van der Waals surface area contributed by atoms with Crippen molar-refractivity contribution in [3.63, 3.8) is 0 Å². The molecule has 0 radical (unpaired) electrons. The Hall–Kier alpha value is -1.91. The summed E-state index contributed by atoms with van der Waals surface area (Å²) in [6.07, 6.45) is 45.9. The Labute approximate surface area is 260 Å². The molecule has 0 heterocycles. The lowest BCUT2D eigenvalue weighted by Gasteiger charge is -2.22. The van der Waals surface area contributed by atoms with Crippen LogP contribution in [0.5, 0.6) is 0 Å². The second-order valence-corrected chi connectivity index (χ2v) is 11.6. The summed E-state index contributed by atoms with van der Waals surface area (Å²) in [6, 6.07) is -0.537. The lowest BCUT2D eigenvalue weighted by Crippen LogP contribution is -2.45. The van der Waals surface area contributed by atoms with Crippen LogP contribution in [0.15, 0.2) is 60.8 Å². The highest BCUT2D eigenvalue weighted by molar-refractivity contribution is 5.76. The average molecular weight is 586 g/mol. The lowest BCUT2D eigenvalue weighted by atomic mass is 10.0. The van der Waals surface area contributed by atoms with Crippen LogP contribution in [0.4, 0.5) is 0 Å². The van der Waals surface area contributed by atoms with Gasteiger partial charge in [0.05, 0.1) is 18.8 Å². The maximum atomic E-state index is 12.2.